The highest BCUT2D eigenvalue weighted by Gasteiger charge is 2.32. The molecule has 0 saturated carbocycles. The van der Waals surface area contributed by atoms with Gasteiger partial charge in [-0.15, -0.1) is 0 Å². The number of hydrogen-bond acceptors (Lipinski definition) is 7. The third-order valence-corrected chi connectivity index (χ3v) is 7.13. The van der Waals surface area contributed by atoms with E-state index in [-0.39, 0.29) is 35.5 Å². The zero-order chi connectivity index (χ0) is 22.6. The van der Waals surface area contributed by atoms with Crippen LogP contribution in [0.25, 0.3) is 0 Å². The molecule has 1 fully saturated rings. The van der Waals surface area contributed by atoms with Gasteiger partial charge in [-0.3, -0.25) is 9.69 Å². The van der Waals surface area contributed by atoms with Crippen LogP contribution in [0, 0.1) is 0 Å². The van der Waals surface area contributed by atoms with Gasteiger partial charge in [0, 0.05) is 25.2 Å². The molecule has 3 unspecified atom stereocenters. The number of carbonyl (C=O) groups excluding carboxylic acids is 1. The molecule has 2 aromatic rings. The zero-order valence-electron chi connectivity index (χ0n) is 18.4. The van der Waals surface area contributed by atoms with Gasteiger partial charge in [0.25, 0.3) is 0 Å². The molecule has 1 N–H and O–H groups in total. The smallest absolute Gasteiger partial charge is 0.243 e. The van der Waals surface area contributed by atoms with Gasteiger partial charge in [0.2, 0.25) is 10.0 Å². The third-order valence-electron chi connectivity index (χ3n) is 5.30. The Bertz CT molecular complexity index is 965. The van der Waals surface area contributed by atoms with Gasteiger partial charge in [0.15, 0.2) is 5.78 Å². The fourth-order valence-corrected chi connectivity index (χ4v) is 5.39. The summed E-state index contributed by atoms with van der Waals surface area (Å²) in [5.74, 6) is 0.643. The molecular formula is C22H31N3O5S. The van der Waals surface area contributed by atoms with Crippen LogP contribution >= 0.6 is 0 Å². The second-order valence-electron chi connectivity index (χ2n) is 8.16. The summed E-state index contributed by atoms with van der Waals surface area (Å²) in [6.07, 6.45) is 1.27. The monoisotopic (exact) mass is 449 g/mol. The van der Waals surface area contributed by atoms with Crippen LogP contribution in [0.1, 0.15) is 36.0 Å². The van der Waals surface area contributed by atoms with Gasteiger partial charge in [-0.2, -0.15) is 4.31 Å². The Morgan fingerprint density at radius 3 is 2.52 bits per heavy atom. The van der Waals surface area contributed by atoms with E-state index in [1.54, 1.807) is 18.4 Å². The molecule has 1 aromatic carbocycles. The summed E-state index contributed by atoms with van der Waals surface area (Å²) in [6, 6.07) is 9.96. The molecular weight excluding hydrogens is 418 g/mol. The SMILES string of the molecule is CC1CN(S(=O)(=O)c2cccc(C(=O)CNCC(c3ccco3)N(C)C)c2)CC(C)O1. The van der Waals surface area contributed by atoms with Gasteiger partial charge in [0.05, 0.1) is 36.0 Å². The summed E-state index contributed by atoms with van der Waals surface area (Å²) in [7, 11) is 0.189. The lowest BCUT2D eigenvalue weighted by Crippen LogP contribution is -2.48. The van der Waals surface area contributed by atoms with Gasteiger partial charge >= 0.3 is 0 Å². The number of nitrogens with one attached hydrogen (secondary N) is 1. The number of ketones is 1. The number of carbonyl (C=O) groups is 1. The molecule has 1 saturated heterocycles. The maximum Gasteiger partial charge on any atom is 0.243 e. The van der Waals surface area contributed by atoms with Crippen LogP contribution in [0.3, 0.4) is 0 Å². The minimum absolute atomic E-state index is 0.0141. The summed E-state index contributed by atoms with van der Waals surface area (Å²) in [5.41, 5.74) is 0.363. The summed E-state index contributed by atoms with van der Waals surface area (Å²) in [6.45, 7) is 4.92. The number of furan rings is 1. The Labute approximate surface area is 184 Å². The topological polar surface area (TPSA) is 92.1 Å². The van der Waals surface area contributed by atoms with Crippen LogP contribution in [0.4, 0.5) is 0 Å². The van der Waals surface area contributed by atoms with E-state index in [2.05, 4.69) is 5.32 Å². The molecule has 0 aliphatic carbocycles. The first-order chi connectivity index (χ1) is 14.7. The first kappa shape index (κ1) is 23.6. The first-order valence-electron chi connectivity index (χ1n) is 10.4. The van der Waals surface area contributed by atoms with Crippen LogP contribution in [-0.2, 0) is 14.8 Å². The van der Waals surface area contributed by atoms with E-state index in [1.165, 1.54) is 16.4 Å². The van der Waals surface area contributed by atoms with Crippen molar-refractivity contribution in [2.75, 3.05) is 40.3 Å². The number of benzene rings is 1. The van der Waals surface area contributed by atoms with Crippen LogP contribution in [0.5, 0.6) is 0 Å². The van der Waals surface area contributed by atoms with Crippen LogP contribution in [0.15, 0.2) is 52.0 Å². The van der Waals surface area contributed by atoms with E-state index in [4.69, 9.17) is 9.15 Å². The number of rotatable bonds is 9. The van der Waals surface area contributed by atoms with Crippen LogP contribution < -0.4 is 5.32 Å². The number of hydrogen-bond donors (Lipinski definition) is 1. The summed E-state index contributed by atoms with van der Waals surface area (Å²) < 4.78 is 38.7. The number of nitrogens with zero attached hydrogens (tertiary/aromatic N) is 2. The molecule has 31 heavy (non-hydrogen) atoms. The van der Waals surface area contributed by atoms with Crippen molar-refractivity contribution in [3.63, 3.8) is 0 Å². The molecule has 1 aromatic heterocycles. The summed E-state index contributed by atoms with van der Waals surface area (Å²) in [4.78, 5) is 14.8. The Morgan fingerprint density at radius 1 is 1.19 bits per heavy atom. The third kappa shape index (κ3) is 5.81. The molecule has 2 heterocycles. The minimum Gasteiger partial charge on any atom is -0.468 e. The van der Waals surface area contributed by atoms with Crippen LogP contribution in [-0.4, -0.2) is 75.9 Å². The van der Waals surface area contributed by atoms with Crippen molar-refractivity contribution in [3.05, 3.63) is 54.0 Å². The average Bonchev–Trinajstić information content (AvgIpc) is 3.24. The van der Waals surface area contributed by atoms with Crippen LogP contribution in [0.2, 0.25) is 0 Å². The molecule has 0 radical (unpaired) electrons. The Hall–Kier alpha value is -2.04. The Morgan fingerprint density at radius 2 is 1.90 bits per heavy atom. The molecule has 0 spiro atoms. The molecule has 170 valence electrons. The lowest BCUT2D eigenvalue weighted by atomic mass is 10.1. The minimum atomic E-state index is -3.70. The highest BCUT2D eigenvalue weighted by Crippen LogP contribution is 2.22. The van der Waals surface area contributed by atoms with Crippen molar-refractivity contribution in [1.82, 2.24) is 14.5 Å². The highest BCUT2D eigenvalue weighted by atomic mass is 32.2. The lowest BCUT2D eigenvalue weighted by Gasteiger charge is -2.34. The predicted molar refractivity (Wildman–Crippen MR) is 118 cm³/mol. The molecule has 9 heteroatoms. The van der Waals surface area contributed by atoms with E-state index >= 15 is 0 Å². The average molecular weight is 450 g/mol. The molecule has 8 nitrogen and oxygen atoms in total. The van der Waals surface area contributed by atoms with Crippen molar-refractivity contribution in [1.29, 1.82) is 0 Å². The van der Waals surface area contributed by atoms with E-state index in [0.29, 0.717) is 25.2 Å². The van der Waals surface area contributed by atoms with Gasteiger partial charge < -0.3 is 14.5 Å². The molecule has 1 aliphatic rings. The molecule has 0 amide bonds. The van der Waals surface area contributed by atoms with Crippen molar-refractivity contribution in [3.8, 4) is 0 Å². The molecule has 1 aliphatic heterocycles. The molecule has 3 rings (SSSR count). The van der Waals surface area contributed by atoms with E-state index in [1.807, 2.05) is 45.0 Å². The second-order valence-corrected chi connectivity index (χ2v) is 10.1. The standard InChI is InChI=1S/C22H31N3O5S/c1-16-14-25(15-17(2)30-16)31(27,28)19-8-5-7-18(11-19)21(26)13-23-12-20(24(3)4)22-9-6-10-29-22/h5-11,16-17,20,23H,12-15H2,1-4H3. The van der Waals surface area contributed by atoms with Gasteiger partial charge in [-0.25, -0.2) is 8.42 Å². The van der Waals surface area contributed by atoms with E-state index in [9.17, 15) is 13.2 Å². The number of Topliss-reactive ketones (excluding diaryl/α,β-unsaturated/α-hetero) is 1. The first-order valence-corrected chi connectivity index (χ1v) is 11.8. The highest BCUT2D eigenvalue weighted by molar-refractivity contribution is 7.89. The van der Waals surface area contributed by atoms with Gasteiger partial charge in [0.1, 0.15) is 5.76 Å². The lowest BCUT2D eigenvalue weighted by molar-refractivity contribution is -0.0440. The summed E-state index contributed by atoms with van der Waals surface area (Å²) in [5, 5.41) is 3.16. The number of likely N-dealkylation sites (N-methyl/N-ethyl adjacent to an activating group) is 1. The number of sulfonamides is 1. The van der Waals surface area contributed by atoms with Crippen molar-refractivity contribution >= 4 is 15.8 Å². The Balaban J connectivity index is 1.66. The second kappa shape index (κ2) is 10.1. The maximum absolute atomic E-state index is 13.1. The predicted octanol–water partition coefficient (Wildman–Crippen LogP) is 2.15. The normalized spacial score (nSPS) is 21.3. The zero-order valence-corrected chi connectivity index (χ0v) is 19.3. The largest absolute Gasteiger partial charge is 0.468 e. The van der Waals surface area contributed by atoms with Gasteiger partial charge in [-0.1, -0.05) is 12.1 Å². The maximum atomic E-state index is 13.1. The Kier molecular flexibility index (Phi) is 7.66. The van der Waals surface area contributed by atoms with E-state index < -0.39 is 10.0 Å². The number of morpholine rings is 1. The fraction of sp³-hybridized carbons (Fsp3) is 0.500. The van der Waals surface area contributed by atoms with E-state index in [0.717, 1.165) is 5.76 Å². The number of ether oxygens (including phenoxy) is 1. The molecule has 3 atom stereocenters. The van der Waals surface area contributed by atoms with Crippen molar-refractivity contribution in [2.45, 2.75) is 37.0 Å². The molecule has 0 bridgehead atoms. The van der Waals surface area contributed by atoms with Crippen molar-refractivity contribution < 1.29 is 22.4 Å². The van der Waals surface area contributed by atoms with Crippen molar-refractivity contribution in [2.24, 2.45) is 0 Å². The van der Waals surface area contributed by atoms with Gasteiger partial charge in [-0.05, 0) is 52.2 Å². The quantitative estimate of drug-likeness (QED) is 0.587. The fourth-order valence-electron chi connectivity index (χ4n) is 3.75. The summed E-state index contributed by atoms with van der Waals surface area (Å²) >= 11 is 0.